The van der Waals surface area contributed by atoms with Crippen molar-refractivity contribution >= 4 is 17.5 Å². The van der Waals surface area contributed by atoms with Crippen molar-refractivity contribution in [2.75, 3.05) is 6.54 Å². The lowest BCUT2D eigenvalue weighted by atomic mass is 9.84. The number of halogens is 2. The molecule has 0 fully saturated rings. The molecular weight excluding hydrogens is 321 g/mol. The van der Waals surface area contributed by atoms with Gasteiger partial charge in [0.25, 0.3) is 5.91 Å². The number of nitrogens with zero attached hydrogens (tertiary/aromatic N) is 2. The van der Waals surface area contributed by atoms with E-state index >= 15 is 0 Å². The molecule has 0 bridgehead atoms. The van der Waals surface area contributed by atoms with Gasteiger partial charge in [0.15, 0.2) is 6.10 Å². The summed E-state index contributed by atoms with van der Waals surface area (Å²) in [4.78, 5) is 12.1. The van der Waals surface area contributed by atoms with E-state index in [1.807, 2.05) is 13.8 Å². The number of aryl methyl sites for hydroxylation is 1. The molecule has 2 N–H and O–H groups in total. The Morgan fingerprint density at radius 3 is 2.78 bits per heavy atom. The van der Waals surface area contributed by atoms with Gasteiger partial charge in [-0.05, 0) is 17.7 Å². The van der Waals surface area contributed by atoms with E-state index in [4.69, 9.17) is 11.6 Å². The Balaban J connectivity index is 2.05. The zero-order chi connectivity index (χ0) is 17.2. The summed E-state index contributed by atoms with van der Waals surface area (Å²) in [6.07, 6.45) is 1.72. The number of hydrogen-bond donors (Lipinski definition) is 2. The third-order valence-corrected chi connectivity index (χ3v) is 3.97. The molecule has 2 aromatic rings. The van der Waals surface area contributed by atoms with Crippen LogP contribution in [0.5, 0.6) is 0 Å². The standard InChI is InChI=1S/C16H19ClFN3O2/c1-16(2,12-5-4-11(18)6-13(12)17)9-19-15(23)14(22)10-7-20-21(3)8-10/h4-8,14,22H,9H2,1-3H3,(H,19,23)/t14-/m1/s1. The lowest BCUT2D eigenvalue weighted by Gasteiger charge is -2.27. The first-order valence-corrected chi connectivity index (χ1v) is 7.48. The van der Waals surface area contributed by atoms with Crippen molar-refractivity contribution in [1.82, 2.24) is 15.1 Å². The summed E-state index contributed by atoms with van der Waals surface area (Å²) in [5, 5.41) is 16.9. The van der Waals surface area contributed by atoms with Crippen LogP contribution in [-0.4, -0.2) is 27.3 Å². The molecule has 124 valence electrons. The third-order valence-electron chi connectivity index (χ3n) is 3.65. The van der Waals surface area contributed by atoms with E-state index in [1.54, 1.807) is 19.3 Å². The Morgan fingerprint density at radius 1 is 1.52 bits per heavy atom. The smallest absolute Gasteiger partial charge is 0.253 e. The SMILES string of the molecule is Cn1cc([C@@H](O)C(=O)NCC(C)(C)c2ccc(F)cc2Cl)cn1. The summed E-state index contributed by atoms with van der Waals surface area (Å²) in [7, 11) is 1.70. The first-order chi connectivity index (χ1) is 10.7. The molecular formula is C16H19ClFN3O2. The Kier molecular flexibility index (Phi) is 5.06. The van der Waals surface area contributed by atoms with Crippen LogP contribution in [0.1, 0.15) is 31.1 Å². The van der Waals surface area contributed by atoms with Gasteiger partial charge < -0.3 is 10.4 Å². The Morgan fingerprint density at radius 2 is 2.22 bits per heavy atom. The van der Waals surface area contributed by atoms with Gasteiger partial charge in [0, 0.05) is 35.8 Å². The molecule has 7 heteroatoms. The monoisotopic (exact) mass is 339 g/mol. The van der Waals surface area contributed by atoms with E-state index in [0.29, 0.717) is 10.6 Å². The highest BCUT2D eigenvalue weighted by atomic mass is 35.5. The second kappa shape index (κ2) is 6.68. The summed E-state index contributed by atoms with van der Waals surface area (Å²) in [6.45, 7) is 4.00. The molecule has 0 unspecified atom stereocenters. The van der Waals surface area contributed by atoms with Crippen molar-refractivity contribution < 1.29 is 14.3 Å². The summed E-state index contributed by atoms with van der Waals surface area (Å²) < 4.78 is 14.7. The Labute approximate surface area is 139 Å². The number of carbonyl (C=O) groups is 1. The van der Waals surface area contributed by atoms with Crippen LogP contribution in [0.3, 0.4) is 0 Å². The number of nitrogens with one attached hydrogen (secondary N) is 1. The number of aliphatic hydroxyl groups is 1. The van der Waals surface area contributed by atoms with E-state index in [2.05, 4.69) is 10.4 Å². The fraction of sp³-hybridized carbons (Fsp3) is 0.375. The molecule has 0 saturated carbocycles. The van der Waals surface area contributed by atoms with Crippen molar-refractivity contribution in [1.29, 1.82) is 0 Å². The molecule has 0 aliphatic carbocycles. The van der Waals surface area contributed by atoms with Crippen LogP contribution in [0.4, 0.5) is 4.39 Å². The second-order valence-corrected chi connectivity index (χ2v) is 6.48. The highest BCUT2D eigenvalue weighted by Crippen LogP contribution is 2.30. The number of carbonyl (C=O) groups excluding carboxylic acids is 1. The van der Waals surface area contributed by atoms with Crippen molar-refractivity contribution in [3.8, 4) is 0 Å². The first-order valence-electron chi connectivity index (χ1n) is 7.10. The number of hydrogen-bond acceptors (Lipinski definition) is 3. The normalized spacial score (nSPS) is 13.0. The molecule has 0 aliphatic heterocycles. The largest absolute Gasteiger partial charge is 0.378 e. The Bertz CT molecular complexity index is 715. The van der Waals surface area contributed by atoms with E-state index in [1.165, 1.54) is 23.0 Å². The van der Waals surface area contributed by atoms with Gasteiger partial charge in [-0.15, -0.1) is 0 Å². The number of benzene rings is 1. The van der Waals surface area contributed by atoms with E-state index in [9.17, 15) is 14.3 Å². The molecule has 2 rings (SSSR count). The molecule has 0 aliphatic rings. The maximum absolute atomic E-state index is 13.2. The van der Waals surface area contributed by atoms with Crippen LogP contribution in [-0.2, 0) is 17.3 Å². The van der Waals surface area contributed by atoms with Crippen molar-refractivity contribution in [3.63, 3.8) is 0 Å². The van der Waals surface area contributed by atoms with Gasteiger partial charge in [-0.25, -0.2) is 4.39 Å². The maximum atomic E-state index is 13.2. The molecule has 0 radical (unpaired) electrons. The average Bonchev–Trinajstić information content (AvgIpc) is 2.90. The van der Waals surface area contributed by atoms with Crippen LogP contribution < -0.4 is 5.32 Å². The Hall–Kier alpha value is -1.92. The average molecular weight is 340 g/mol. The molecule has 0 saturated heterocycles. The van der Waals surface area contributed by atoms with Crippen LogP contribution in [0.25, 0.3) is 0 Å². The van der Waals surface area contributed by atoms with Crippen LogP contribution in [0, 0.1) is 5.82 Å². The van der Waals surface area contributed by atoms with Crippen LogP contribution in [0.2, 0.25) is 5.02 Å². The molecule has 1 heterocycles. The summed E-state index contributed by atoms with van der Waals surface area (Å²) in [5.41, 5.74) is 0.620. The quantitative estimate of drug-likeness (QED) is 0.878. The van der Waals surface area contributed by atoms with Gasteiger partial charge in [-0.3, -0.25) is 9.48 Å². The van der Waals surface area contributed by atoms with Gasteiger partial charge in [0.2, 0.25) is 0 Å². The second-order valence-electron chi connectivity index (χ2n) is 6.08. The zero-order valence-corrected chi connectivity index (χ0v) is 13.9. The summed E-state index contributed by atoms with van der Waals surface area (Å²) in [6, 6.07) is 4.17. The van der Waals surface area contributed by atoms with Crippen molar-refractivity contribution in [2.45, 2.75) is 25.4 Å². The highest BCUT2D eigenvalue weighted by molar-refractivity contribution is 6.31. The lowest BCUT2D eigenvalue weighted by Crippen LogP contribution is -2.39. The van der Waals surface area contributed by atoms with Crippen LogP contribution in [0.15, 0.2) is 30.6 Å². The van der Waals surface area contributed by atoms with E-state index < -0.39 is 23.2 Å². The minimum Gasteiger partial charge on any atom is -0.378 e. The number of aliphatic hydroxyl groups excluding tert-OH is 1. The van der Waals surface area contributed by atoms with Gasteiger partial charge in [-0.2, -0.15) is 5.10 Å². The summed E-state index contributed by atoms with van der Waals surface area (Å²) >= 11 is 6.08. The molecule has 1 atom stereocenters. The fourth-order valence-corrected chi connectivity index (χ4v) is 2.69. The number of amides is 1. The molecule has 1 amide bonds. The van der Waals surface area contributed by atoms with Gasteiger partial charge in [0.05, 0.1) is 6.20 Å². The fourth-order valence-electron chi connectivity index (χ4n) is 2.27. The molecule has 5 nitrogen and oxygen atoms in total. The zero-order valence-electron chi connectivity index (χ0n) is 13.2. The molecule has 1 aromatic heterocycles. The first kappa shape index (κ1) is 17.4. The topological polar surface area (TPSA) is 67.2 Å². The van der Waals surface area contributed by atoms with Crippen molar-refractivity contribution in [3.05, 3.63) is 52.6 Å². The van der Waals surface area contributed by atoms with Gasteiger partial charge in [-0.1, -0.05) is 31.5 Å². The van der Waals surface area contributed by atoms with Gasteiger partial charge >= 0.3 is 0 Å². The predicted molar refractivity (Wildman–Crippen MR) is 85.6 cm³/mol. The third kappa shape index (κ3) is 4.09. The van der Waals surface area contributed by atoms with E-state index in [0.717, 1.165) is 5.56 Å². The highest BCUT2D eigenvalue weighted by Gasteiger charge is 2.26. The molecule has 1 aromatic carbocycles. The number of aromatic nitrogens is 2. The molecule has 23 heavy (non-hydrogen) atoms. The lowest BCUT2D eigenvalue weighted by molar-refractivity contribution is -0.129. The van der Waals surface area contributed by atoms with Gasteiger partial charge in [0.1, 0.15) is 5.82 Å². The molecule has 0 spiro atoms. The van der Waals surface area contributed by atoms with Crippen molar-refractivity contribution in [2.24, 2.45) is 7.05 Å². The summed E-state index contributed by atoms with van der Waals surface area (Å²) in [5.74, 6) is -0.935. The van der Waals surface area contributed by atoms with Crippen LogP contribution >= 0.6 is 11.6 Å². The minimum absolute atomic E-state index is 0.245. The minimum atomic E-state index is -1.29. The maximum Gasteiger partial charge on any atom is 0.253 e. The van der Waals surface area contributed by atoms with E-state index in [-0.39, 0.29) is 6.54 Å². The predicted octanol–water partition coefficient (Wildman–Crippen LogP) is 2.34. The number of rotatable bonds is 5.